The second kappa shape index (κ2) is 13.9. The van der Waals surface area contributed by atoms with Gasteiger partial charge in [-0.1, -0.05) is 78.1 Å². The van der Waals surface area contributed by atoms with Crippen LogP contribution in [0.25, 0.3) is 11.8 Å². The number of nitrogens with zero attached hydrogens (tertiary/aromatic N) is 2. The zero-order valence-electron chi connectivity index (χ0n) is 25.9. The summed E-state index contributed by atoms with van der Waals surface area (Å²) in [5, 5.41) is 0. The molecule has 0 bridgehead atoms. The van der Waals surface area contributed by atoms with Gasteiger partial charge in [0.05, 0.1) is 42.7 Å². The van der Waals surface area contributed by atoms with Gasteiger partial charge in [-0.2, -0.15) is 0 Å². The molecular weight excluding hydrogens is 619 g/mol. The second-order valence-corrected chi connectivity index (χ2v) is 11.5. The normalized spacial score (nSPS) is 14.3. The van der Waals surface area contributed by atoms with Gasteiger partial charge in [0.15, 0.2) is 16.3 Å². The van der Waals surface area contributed by atoms with Gasteiger partial charge < -0.3 is 18.9 Å². The number of hydrogen-bond donors (Lipinski definition) is 0. The van der Waals surface area contributed by atoms with Gasteiger partial charge in [0.25, 0.3) is 5.56 Å². The van der Waals surface area contributed by atoms with E-state index in [-0.39, 0.29) is 30.2 Å². The van der Waals surface area contributed by atoms with Gasteiger partial charge >= 0.3 is 5.97 Å². The summed E-state index contributed by atoms with van der Waals surface area (Å²) in [6.45, 7) is 2.09. The average molecular weight is 651 g/mol. The van der Waals surface area contributed by atoms with Crippen molar-refractivity contribution < 1.29 is 28.1 Å². The van der Waals surface area contributed by atoms with Gasteiger partial charge in [0.2, 0.25) is 0 Å². The molecule has 0 spiro atoms. The number of aromatic nitrogens is 1. The minimum atomic E-state index is -0.882. The number of benzene rings is 4. The molecule has 0 N–H and O–H groups in total. The maximum absolute atomic E-state index is 14.3. The van der Waals surface area contributed by atoms with Crippen molar-refractivity contribution in [2.75, 3.05) is 20.8 Å². The molecule has 1 aromatic heterocycles. The first-order valence-corrected chi connectivity index (χ1v) is 15.7. The maximum atomic E-state index is 14.3. The summed E-state index contributed by atoms with van der Waals surface area (Å²) >= 11 is 1.21. The first kappa shape index (κ1) is 31.5. The highest BCUT2D eigenvalue weighted by Gasteiger charge is 2.35. The molecule has 1 aliphatic rings. The largest absolute Gasteiger partial charge is 0.493 e. The van der Waals surface area contributed by atoms with Crippen LogP contribution in [0.3, 0.4) is 0 Å². The molecule has 1 aliphatic heterocycles. The molecule has 0 aliphatic carbocycles. The van der Waals surface area contributed by atoms with Crippen molar-refractivity contribution in [2.24, 2.45) is 4.99 Å². The van der Waals surface area contributed by atoms with E-state index < -0.39 is 12.0 Å². The third-order valence-electron chi connectivity index (χ3n) is 7.61. The van der Waals surface area contributed by atoms with E-state index in [1.807, 2.05) is 54.6 Å². The molecule has 238 valence electrons. The Balaban J connectivity index is 1.54. The number of carbonyl (C=O) groups excluding carboxylic acids is 1. The smallest absolute Gasteiger partial charge is 0.338 e. The van der Waals surface area contributed by atoms with Crippen LogP contribution in [0.1, 0.15) is 35.2 Å². The third kappa shape index (κ3) is 6.45. The second-order valence-electron chi connectivity index (χ2n) is 10.5. The molecule has 4 aromatic carbocycles. The summed E-state index contributed by atoms with van der Waals surface area (Å²) in [5.74, 6) is 0.601. The number of hydrogen-bond acceptors (Lipinski definition) is 8. The van der Waals surface area contributed by atoms with Crippen molar-refractivity contribution in [3.63, 3.8) is 0 Å². The van der Waals surface area contributed by atoms with Crippen LogP contribution in [0.2, 0.25) is 0 Å². The van der Waals surface area contributed by atoms with Crippen molar-refractivity contribution in [3.05, 3.63) is 150 Å². The first-order chi connectivity index (χ1) is 22.9. The number of esters is 1. The number of rotatable bonds is 10. The Morgan fingerprint density at radius 3 is 2.36 bits per heavy atom. The van der Waals surface area contributed by atoms with E-state index in [4.69, 9.17) is 23.9 Å². The monoisotopic (exact) mass is 650 g/mol. The molecule has 0 radical (unpaired) electrons. The van der Waals surface area contributed by atoms with Crippen molar-refractivity contribution in [1.29, 1.82) is 0 Å². The molecule has 47 heavy (non-hydrogen) atoms. The average Bonchev–Trinajstić information content (AvgIpc) is 3.41. The Labute approximate surface area is 274 Å². The quantitative estimate of drug-likeness (QED) is 0.181. The fourth-order valence-corrected chi connectivity index (χ4v) is 6.38. The van der Waals surface area contributed by atoms with Crippen LogP contribution in [-0.2, 0) is 16.1 Å². The number of ether oxygens (including phenoxy) is 4. The number of methoxy groups -OCH3 is 2. The molecule has 2 heterocycles. The lowest BCUT2D eigenvalue weighted by Crippen LogP contribution is -2.40. The topological polar surface area (TPSA) is 88.4 Å². The van der Waals surface area contributed by atoms with Crippen LogP contribution in [0.5, 0.6) is 17.2 Å². The molecular formula is C37H31FN2O6S. The van der Waals surface area contributed by atoms with Crippen molar-refractivity contribution in [1.82, 2.24) is 4.57 Å². The van der Waals surface area contributed by atoms with Gasteiger partial charge in [0, 0.05) is 11.1 Å². The van der Waals surface area contributed by atoms with Crippen LogP contribution in [0.15, 0.2) is 112 Å². The Morgan fingerprint density at radius 1 is 0.915 bits per heavy atom. The van der Waals surface area contributed by atoms with Crippen LogP contribution in [0, 0.1) is 5.82 Å². The molecule has 1 atom stereocenters. The van der Waals surface area contributed by atoms with Gasteiger partial charge in [-0.15, -0.1) is 0 Å². The number of para-hydroxylation sites is 1. The van der Waals surface area contributed by atoms with Crippen molar-refractivity contribution in [3.8, 4) is 17.2 Å². The molecule has 0 amide bonds. The van der Waals surface area contributed by atoms with E-state index in [1.54, 1.807) is 50.4 Å². The summed E-state index contributed by atoms with van der Waals surface area (Å²) in [4.78, 5) is 33.4. The van der Waals surface area contributed by atoms with E-state index >= 15 is 0 Å². The number of halogens is 1. The lowest BCUT2D eigenvalue weighted by molar-refractivity contribution is -0.138. The first-order valence-electron chi connectivity index (χ1n) is 14.9. The molecule has 10 heteroatoms. The van der Waals surface area contributed by atoms with Gasteiger partial charge in [-0.05, 0) is 54.5 Å². The molecule has 0 unspecified atom stereocenters. The van der Waals surface area contributed by atoms with E-state index in [2.05, 4.69) is 0 Å². The Morgan fingerprint density at radius 2 is 1.64 bits per heavy atom. The van der Waals surface area contributed by atoms with E-state index in [0.717, 1.165) is 5.56 Å². The summed E-state index contributed by atoms with van der Waals surface area (Å²) in [6, 6.07) is 27.2. The zero-order valence-corrected chi connectivity index (χ0v) is 26.8. The van der Waals surface area contributed by atoms with Gasteiger partial charge in [-0.3, -0.25) is 9.36 Å². The zero-order chi connectivity index (χ0) is 32.9. The third-order valence-corrected chi connectivity index (χ3v) is 8.59. The predicted molar refractivity (Wildman–Crippen MR) is 178 cm³/mol. The van der Waals surface area contributed by atoms with Crippen LogP contribution < -0.4 is 29.1 Å². The highest BCUT2D eigenvalue weighted by atomic mass is 32.1. The summed E-state index contributed by atoms with van der Waals surface area (Å²) in [6.07, 6.45) is 1.76. The Bertz CT molecular complexity index is 2140. The lowest BCUT2D eigenvalue weighted by Gasteiger charge is -2.26. The van der Waals surface area contributed by atoms with Gasteiger partial charge in [-0.25, -0.2) is 14.2 Å². The van der Waals surface area contributed by atoms with E-state index in [0.29, 0.717) is 49.0 Å². The molecule has 0 fully saturated rings. The van der Waals surface area contributed by atoms with Crippen LogP contribution in [-0.4, -0.2) is 31.4 Å². The highest BCUT2D eigenvalue weighted by Crippen LogP contribution is 2.38. The summed E-state index contributed by atoms with van der Waals surface area (Å²) in [5.41, 5.74) is 3.11. The Hall–Kier alpha value is -5.48. The number of thiazole rings is 1. The Kier molecular flexibility index (Phi) is 9.30. The fraction of sp³-hybridized carbons (Fsp3) is 0.162. The summed E-state index contributed by atoms with van der Waals surface area (Å²) < 4.78 is 38.0. The lowest BCUT2D eigenvalue weighted by atomic mass is 9.93. The minimum Gasteiger partial charge on any atom is -0.493 e. The maximum Gasteiger partial charge on any atom is 0.338 e. The van der Waals surface area contributed by atoms with Crippen LogP contribution >= 0.6 is 11.3 Å². The van der Waals surface area contributed by atoms with Crippen molar-refractivity contribution >= 4 is 29.1 Å². The molecule has 0 saturated heterocycles. The standard InChI is InChI=1S/C37H31FN2O6S/c1-4-45-36(42)32-33(24-10-6-5-7-11-24)39-37-40(34(32)26-16-19-29(43-2)30(20-26)44-3)35(41)31(47-37)21-25-12-8-9-13-28(25)46-22-23-14-17-27(38)18-15-23/h5-21,34H,4,22H2,1-3H3/b31-21-/t34-/m1/s1. The van der Waals surface area contributed by atoms with Crippen LogP contribution in [0.4, 0.5) is 4.39 Å². The van der Waals surface area contributed by atoms with E-state index in [9.17, 15) is 14.0 Å². The predicted octanol–water partition coefficient (Wildman–Crippen LogP) is 5.67. The number of carbonyl (C=O) groups is 1. The van der Waals surface area contributed by atoms with E-state index in [1.165, 1.54) is 35.1 Å². The molecule has 6 rings (SSSR count). The van der Waals surface area contributed by atoms with Gasteiger partial charge in [0.1, 0.15) is 18.2 Å². The highest BCUT2D eigenvalue weighted by molar-refractivity contribution is 7.07. The van der Waals surface area contributed by atoms with Crippen molar-refractivity contribution in [2.45, 2.75) is 19.6 Å². The molecule has 0 saturated carbocycles. The molecule has 8 nitrogen and oxygen atoms in total. The fourth-order valence-electron chi connectivity index (χ4n) is 5.39. The minimum absolute atomic E-state index is 0.141. The molecule has 5 aromatic rings. The summed E-state index contributed by atoms with van der Waals surface area (Å²) in [7, 11) is 3.07. The SMILES string of the molecule is CCOC(=O)C1=C(c2ccccc2)N=c2s/c(=C\c3ccccc3OCc3ccc(F)cc3)c(=O)n2[C@@H]1c1ccc(OC)c(OC)c1. The number of fused-ring (bicyclic) bond motifs is 1.